The lowest BCUT2D eigenvalue weighted by molar-refractivity contribution is 0.0949. The summed E-state index contributed by atoms with van der Waals surface area (Å²) in [5, 5.41) is 11.6. The number of fused-ring (bicyclic) bond motifs is 1. The van der Waals surface area contributed by atoms with Crippen LogP contribution in [0.25, 0.3) is 6.08 Å². The summed E-state index contributed by atoms with van der Waals surface area (Å²) in [5.74, 6) is 1.65. The highest BCUT2D eigenvalue weighted by Crippen LogP contribution is 2.13. The normalized spacial score (nSPS) is 14.8. The van der Waals surface area contributed by atoms with Crippen LogP contribution in [0.5, 0.6) is 0 Å². The fourth-order valence-corrected chi connectivity index (χ4v) is 3.71. The van der Waals surface area contributed by atoms with E-state index in [4.69, 9.17) is 0 Å². The molecular weight excluding hydrogens is 376 g/mol. The van der Waals surface area contributed by atoms with Crippen molar-refractivity contribution < 1.29 is 4.79 Å². The van der Waals surface area contributed by atoms with Crippen LogP contribution in [-0.2, 0) is 19.5 Å². The van der Waals surface area contributed by atoms with E-state index in [-0.39, 0.29) is 5.91 Å². The number of rotatable bonds is 6. The van der Waals surface area contributed by atoms with Gasteiger partial charge < -0.3 is 9.88 Å². The molecule has 7 heteroatoms. The molecule has 1 amide bonds. The SMILES string of the molecule is CC(=Cc1ccccc1)CN1CCc2nnc(CNC(=O)c3ccncc3)n2CC1. The fraction of sp³-hybridized carbons (Fsp3) is 0.304. The molecule has 0 saturated heterocycles. The van der Waals surface area contributed by atoms with Gasteiger partial charge in [-0.2, -0.15) is 0 Å². The van der Waals surface area contributed by atoms with E-state index >= 15 is 0 Å². The van der Waals surface area contributed by atoms with E-state index in [2.05, 4.69) is 67.2 Å². The Morgan fingerprint density at radius 3 is 2.67 bits per heavy atom. The minimum atomic E-state index is -0.133. The molecule has 3 aromatic rings. The molecule has 4 rings (SSSR count). The van der Waals surface area contributed by atoms with Gasteiger partial charge in [0.15, 0.2) is 5.82 Å². The Morgan fingerprint density at radius 2 is 1.87 bits per heavy atom. The number of carbonyl (C=O) groups excluding carboxylic acids is 1. The second-order valence-corrected chi connectivity index (χ2v) is 7.53. The van der Waals surface area contributed by atoms with Crippen molar-refractivity contribution in [2.24, 2.45) is 0 Å². The number of amides is 1. The highest BCUT2D eigenvalue weighted by Gasteiger charge is 2.19. The molecule has 1 aromatic carbocycles. The van der Waals surface area contributed by atoms with Gasteiger partial charge >= 0.3 is 0 Å². The van der Waals surface area contributed by atoms with Gasteiger partial charge in [0.25, 0.3) is 5.91 Å². The Hall–Kier alpha value is -3.32. The van der Waals surface area contributed by atoms with Crippen molar-refractivity contribution in [3.63, 3.8) is 0 Å². The Kier molecular flexibility index (Phi) is 6.29. The van der Waals surface area contributed by atoms with E-state index in [1.807, 2.05) is 6.07 Å². The van der Waals surface area contributed by atoms with E-state index in [9.17, 15) is 4.79 Å². The summed E-state index contributed by atoms with van der Waals surface area (Å²) in [4.78, 5) is 18.7. The molecule has 30 heavy (non-hydrogen) atoms. The maximum atomic E-state index is 12.3. The van der Waals surface area contributed by atoms with Gasteiger partial charge in [-0.3, -0.25) is 14.7 Å². The minimum Gasteiger partial charge on any atom is -0.345 e. The summed E-state index contributed by atoms with van der Waals surface area (Å²) in [6, 6.07) is 13.8. The van der Waals surface area contributed by atoms with Crippen LogP contribution in [0, 0.1) is 0 Å². The van der Waals surface area contributed by atoms with E-state index in [0.29, 0.717) is 12.1 Å². The predicted molar refractivity (Wildman–Crippen MR) is 116 cm³/mol. The Labute approximate surface area is 176 Å². The molecule has 0 saturated carbocycles. The third-order valence-electron chi connectivity index (χ3n) is 5.23. The zero-order chi connectivity index (χ0) is 20.8. The van der Waals surface area contributed by atoms with Crippen LogP contribution in [-0.4, -0.2) is 50.2 Å². The fourth-order valence-electron chi connectivity index (χ4n) is 3.71. The summed E-state index contributed by atoms with van der Waals surface area (Å²) in [7, 11) is 0. The van der Waals surface area contributed by atoms with Gasteiger partial charge in [0.1, 0.15) is 5.82 Å². The third-order valence-corrected chi connectivity index (χ3v) is 5.23. The molecule has 1 aliphatic heterocycles. The average molecular weight is 403 g/mol. The highest BCUT2D eigenvalue weighted by molar-refractivity contribution is 5.93. The molecule has 0 aliphatic carbocycles. The topological polar surface area (TPSA) is 75.9 Å². The number of aromatic nitrogens is 4. The van der Waals surface area contributed by atoms with Crippen molar-refractivity contribution in [3.8, 4) is 0 Å². The van der Waals surface area contributed by atoms with Crippen LogP contribution < -0.4 is 5.32 Å². The minimum absolute atomic E-state index is 0.133. The first-order chi connectivity index (χ1) is 14.7. The largest absolute Gasteiger partial charge is 0.345 e. The molecule has 0 unspecified atom stereocenters. The maximum absolute atomic E-state index is 12.3. The molecule has 1 aliphatic rings. The summed E-state index contributed by atoms with van der Waals surface area (Å²) in [5.41, 5.74) is 3.16. The number of hydrogen-bond acceptors (Lipinski definition) is 5. The molecule has 0 bridgehead atoms. The Morgan fingerprint density at radius 1 is 1.07 bits per heavy atom. The lowest BCUT2D eigenvalue weighted by atomic mass is 10.1. The summed E-state index contributed by atoms with van der Waals surface area (Å²) >= 11 is 0. The van der Waals surface area contributed by atoms with Crippen molar-refractivity contribution in [1.29, 1.82) is 0 Å². The zero-order valence-corrected chi connectivity index (χ0v) is 17.2. The first kappa shape index (κ1) is 20.0. The van der Waals surface area contributed by atoms with Gasteiger partial charge in [-0.05, 0) is 24.6 Å². The second-order valence-electron chi connectivity index (χ2n) is 7.53. The number of hydrogen-bond donors (Lipinski definition) is 1. The van der Waals surface area contributed by atoms with Gasteiger partial charge in [0.2, 0.25) is 0 Å². The molecule has 0 spiro atoms. The van der Waals surface area contributed by atoms with Crippen molar-refractivity contribution in [2.75, 3.05) is 19.6 Å². The number of pyridine rings is 1. The number of benzene rings is 1. The molecule has 0 radical (unpaired) electrons. The van der Waals surface area contributed by atoms with Crippen molar-refractivity contribution in [1.82, 2.24) is 30.0 Å². The van der Waals surface area contributed by atoms with Crippen LogP contribution in [0.4, 0.5) is 0 Å². The van der Waals surface area contributed by atoms with Crippen molar-refractivity contribution in [3.05, 3.63) is 83.2 Å². The number of nitrogens with zero attached hydrogens (tertiary/aromatic N) is 5. The van der Waals surface area contributed by atoms with Crippen molar-refractivity contribution >= 4 is 12.0 Å². The Bertz CT molecular complexity index is 1010. The maximum Gasteiger partial charge on any atom is 0.251 e. The van der Waals surface area contributed by atoms with Crippen LogP contribution in [0.1, 0.15) is 34.5 Å². The third kappa shape index (κ3) is 4.99. The lowest BCUT2D eigenvalue weighted by Gasteiger charge is -2.20. The lowest BCUT2D eigenvalue weighted by Crippen LogP contribution is -2.29. The van der Waals surface area contributed by atoms with Gasteiger partial charge in [-0.15, -0.1) is 10.2 Å². The van der Waals surface area contributed by atoms with Crippen molar-refractivity contribution in [2.45, 2.75) is 26.4 Å². The van der Waals surface area contributed by atoms with E-state index in [0.717, 1.165) is 44.2 Å². The van der Waals surface area contributed by atoms with Crippen LogP contribution in [0.2, 0.25) is 0 Å². The van der Waals surface area contributed by atoms with Crippen LogP contribution in [0.3, 0.4) is 0 Å². The Balaban J connectivity index is 1.35. The predicted octanol–water partition coefficient (Wildman–Crippen LogP) is 2.56. The zero-order valence-electron chi connectivity index (χ0n) is 17.2. The van der Waals surface area contributed by atoms with Crippen LogP contribution >= 0.6 is 0 Å². The summed E-state index contributed by atoms with van der Waals surface area (Å²) < 4.78 is 2.14. The molecule has 154 valence electrons. The molecule has 0 fully saturated rings. The second kappa shape index (κ2) is 9.45. The molecule has 7 nitrogen and oxygen atoms in total. The van der Waals surface area contributed by atoms with E-state index in [1.165, 1.54) is 11.1 Å². The molecular formula is C23H26N6O. The van der Waals surface area contributed by atoms with E-state index < -0.39 is 0 Å². The quantitative estimate of drug-likeness (QED) is 0.686. The smallest absolute Gasteiger partial charge is 0.251 e. The molecule has 3 heterocycles. The number of carbonyl (C=O) groups is 1. The van der Waals surface area contributed by atoms with Gasteiger partial charge in [0, 0.05) is 50.6 Å². The molecule has 0 atom stereocenters. The first-order valence-corrected chi connectivity index (χ1v) is 10.2. The van der Waals surface area contributed by atoms with Gasteiger partial charge in [-0.1, -0.05) is 42.0 Å². The van der Waals surface area contributed by atoms with E-state index in [1.54, 1.807) is 24.5 Å². The molecule has 2 aromatic heterocycles. The van der Waals surface area contributed by atoms with Gasteiger partial charge in [0.05, 0.1) is 6.54 Å². The first-order valence-electron chi connectivity index (χ1n) is 10.2. The summed E-state index contributed by atoms with van der Waals surface area (Å²) in [6.07, 6.45) is 6.32. The monoisotopic (exact) mass is 402 g/mol. The number of nitrogens with one attached hydrogen (secondary N) is 1. The molecule has 1 N–H and O–H groups in total. The highest BCUT2D eigenvalue weighted by atomic mass is 16.1. The summed E-state index contributed by atoms with van der Waals surface area (Å²) in [6.45, 7) is 6.17. The van der Waals surface area contributed by atoms with Crippen LogP contribution in [0.15, 0.2) is 60.4 Å². The van der Waals surface area contributed by atoms with Gasteiger partial charge in [-0.25, -0.2) is 0 Å². The standard InChI is InChI=1S/C23H26N6O/c1-18(15-19-5-3-2-4-6-19)17-28-12-9-21-26-27-22(29(21)14-13-28)16-25-23(30)20-7-10-24-11-8-20/h2-8,10-11,15H,9,12-14,16-17H2,1H3,(H,25,30). The average Bonchev–Trinajstić information content (AvgIpc) is 3.06.